The van der Waals surface area contributed by atoms with Crippen LogP contribution in [0, 0.1) is 0 Å². The maximum Gasteiger partial charge on any atom is 0.366 e. The molecule has 0 atom stereocenters. The van der Waals surface area contributed by atoms with Crippen molar-refractivity contribution in [3.05, 3.63) is 59.2 Å². The van der Waals surface area contributed by atoms with E-state index in [1.54, 1.807) is 13.2 Å². The normalized spacial score (nSPS) is 15.0. The van der Waals surface area contributed by atoms with Crippen LogP contribution in [0.5, 0.6) is 5.75 Å². The molecule has 0 amide bonds. The van der Waals surface area contributed by atoms with Gasteiger partial charge in [-0.15, -0.1) is 11.8 Å². The molecule has 0 bridgehead atoms. The number of thioether (sulfide) groups is 1. The number of ether oxygens (including phenoxy) is 1. The standard InChI is InChI=1S/C19H19NO3S/c1-22-14-10-11-15-13(12-14)6-5-8-17(15)20-23-19(21)16-7-3-4-9-18(16)24-2/h3-4,7,9-12H,5-6,8H2,1-2H3. The van der Waals surface area contributed by atoms with E-state index in [1.807, 2.05) is 42.7 Å². The molecule has 0 spiro atoms. The molecule has 5 heteroatoms. The summed E-state index contributed by atoms with van der Waals surface area (Å²) in [6, 6.07) is 13.3. The number of carbonyl (C=O) groups is 1. The van der Waals surface area contributed by atoms with Gasteiger partial charge in [0.15, 0.2) is 0 Å². The summed E-state index contributed by atoms with van der Waals surface area (Å²) < 4.78 is 5.27. The number of nitrogens with zero attached hydrogens (tertiary/aromatic N) is 1. The fourth-order valence-corrected chi connectivity index (χ4v) is 3.41. The summed E-state index contributed by atoms with van der Waals surface area (Å²) in [5.41, 5.74) is 3.57. The number of methoxy groups -OCH3 is 1. The Bertz CT molecular complexity index is 786. The molecule has 0 fully saturated rings. The predicted molar refractivity (Wildman–Crippen MR) is 96.1 cm³/mol. The lowest BCUT2D eigenvalue weighted by Crippen LogP contribution is -2.14. The minimum Gasteiger partial charge on any atom is -0.497 e. The highest BCUT2D eigenvalue weighted by molar-refractivity contribution is 7.98. The van der Waals surface area contributed by atoms with E-state index in [2.05, 4.69) is 5.16 Å². The molecule has 124 valence electrons. The third kappa shape index (κ3) is 3.46. The van der Waals surface area contributed by atoms with E-state index >= 15 is 0 Å². The Kier molecular flexibility index (Phi) is 5.20. The third-order valence-electron chi connectivity index (χ3n) is 4.05. The van der Waals surface area contributed by atoms with Gasteiger partial charge in [0.25, 0.3) is 0 Å². The maximum absolute atomic E-state index is 12.3. The average molecular weight is 341 g/mol. The summed E-state index contributed by atoms with van der Waals surface area (Å²) in [7, 11) is 1.66. The van der Waals surface area contributed by atoms with Crippen molar-refractivity contribution in [3.63, 3.8) is 0 Å². The van der Waals surface area contributed by atoms with E-state index in [0.717, 1.165) is 41.2 Å². The number of benzene rings is 2. The maximum atomic E-state index is 12.3. The molecule has 0 radical (unpaired) electrons. The minimum absolute atomic E-state index is 0.423. The van der Waals surface area contributed by atoms with Gasteiger partial charge in [0.05, 0.1) is 18.4 Å². The molecular formula is C19H19NO3S. The van der Waals surface area contributed by atoms with Crippen LogP contribution in [0.25, 0.3) is 0 Å². The molecule has 0 N–H and O–H groups in total. The molecule has 0 aromatic heterocycles. The molecule has 1 aliphatic rings. The van der Waals surface area contributed by atoms with E-state index < -0.39 is 5.97 Å². The van der Waals surface area contributed by atoms with Crippen molar-refractivity contribution in [2.45, 2.75) is 24.2 Å². The minimum atomic E-state index is -0.423. The van der Waals surface area contributed by atoms with Gasteiger partial charge >= 0.3 is 5.97 Å². The number of fused-ring (bicyclic) bond motifs is 1. The van der Waals surface area contributed by atoms with Crippen molar-refractivity contribution in [3.8, 4) is 5.75 Å². The molecule has 0 unspecified atom stereocenters. The first-order valence-electron chi connectivity index (χ1n) is 7.81. The second-order valence-electron chi connectivity index (χ2n) is 5.49. The number of oxime groups is 1. The molecule has 24 heavy (non-hydrogen) atoms. The Morgan fingerprint density at radius 3 is 2.79 bits per heavy atom. The SMILES string of the molecule is COc1ccc2c(c1)CCCC2=NOC(=O)c1ccccc1SC. The number of hydrogen-bond acceptors (Lipinski definition) is 5. The number of hydrogen-bond donors (Lipinski definition) is 0. The predicted octanol–water partition coefficient (Wildman–Crippen LogP) is 4.31. The molecule has 1 aliphatic carbocycles. The molecule has 2 aromatic carbocycles. The van der Waals surface area contributed by atoms with Crippen LogP contribution in [0.1, 0.15) is 34.3 Å². The molecule has 4 nitrogen and oxygen atoms in total. The Morgan fingerprint density at radius 2 is 2.00 bits per heavy atom. The highest BCUT2D eigenvalue weighted by Crippen LogP contribution is 2.26. The van der Waals surface area contributed by atoms with Gasteiger partial charge in [-0.1, -0.05) is 17.3 Å². The van der Waals surface area contributed by atoms with Crippen LogP contribution in [0.2, 0.25) is 0 Å². The average Bonchev–Trinajstić information content (AvgIpc) is 2.65. The highest BCUT2D eigenvalue weighted by atomic mass is 32.2. The summed E-state index contributed by atoms with van der Waals surface area (Å²) in [4.78, 5) is 18.4. The summed E-state index contributed by atoms with van der Waals surface area (Å²) in [5.74, 6) is 0.411. The molecule has 0 saturated heterocycles. The highest BCUT2D eigenvalue weighted by Gasteiger charge is 2.18. The van der Waals surface area contributed by atoms with Gasteiger partial charge in [0, 0.05) is 10.5 Å². The van der Waals surface area contributed by atoms with Gasteiger partial charge in [-0.3, -0.25) is 0 Å². The van der Waals surface area contributed by atoms with Gasteiger partial charge in [0.2, 0.25) is 0 Å². The largest absolute Gasteiger partial charge is 0.497 e. The molecule has 0 heterocycles. The third-order valence-corrected chi connectivity index (χ3v) is 4.84. The molecular weight excluding hydrogens is 322 g/mol. The monoisotopic (exact) mass is 341 g/mol. The topological polar surface area (TPSA) is 47.9 Å². The Morgan fingerprint density at radius 1 is 1.17 bits per heavy atom. The van der Waals surface area contributed by atoms with Gasteiger partial charge in [-0.25, -0.2) is 4.79 Å². The number of aryl methyl sites for hydroxylation is 1. The molecule has 0 saturated carbocycles. The Labute approximate surface area is 145 Å². The van der Waals surface area contributed by atoms with Gasteiger partial charge in [0.1, 0.15) is 5.75 Å². The van der Waals surface area contributed by atoms with Crippen LogP contribution in [0.4, 0.5) is 0 Å². The summed E-state index contributed by atoms with van der Waals surface area (Å²) in [5, 5.41) is 4.15. The van der Waals surface area contributed by atoms with Crippen molar-refractivity contribution in [1.82, 2.24) is 0 Å². The van der Waals surface area contributed by atoms with Crippen molar-refractivity contribution in [2.75, 3.05) is 13.4 Å². The quantitative estimate of drug-likeness (QED) is 0.472. The second-order valence-corrected chi connectivity index (χ2v) is 6.34. The lowest BCUT2D eigenvalue weighted by Gasteiger charge is -2.18. The molecule has 3 rings (SSSR count). The van der Waals surface area contributed by atoms with Gasteiger partial charge in [-0.05, 0) is 61.4 Å². The number of rotatable bonds is 4. The first-order valence-corrected chi connectivity index (χ1v) is 9.04. The summed E-state index contributed by atoms with van der Waals surface area (Å²) in [6.45, 7) is 0. The molecule has 2 aromatic rings. The van der Waals surface area contributed by atoms with Crippen LogP contribution < -0.4 is 4.74 Å². The first-order chi connectivity index (χ1) is 11.7. The Balaban J connectivity index is 1.82. The zero-order chi connectivity index (χ0) is 16.9. The first kappa shape index (κ1) is 16.6. The van der Waals surface area contributed by atoms with Crippen molar-refractivity contribution in [1.29, 1.82) is 0 Å². The zero-order valence-corrected chi connectivity index (χ0v) is 14.6. The Hall–Kier alpha value is -2.27. The van der Waals surface area contributed by atoms with Crippen LogP contribution >= 0.6 is 11.8 Å². The summed E-state index contributed by atoms with van der Waals surface area (Å²) >= 11 is 1.51. The van der Waals surface area contributed by atoms with E-state index in [-0.39, 0.29) is 0 Å². The van der Waals surface area contributed by atoms with Crippen LogP contribution in [0.3, 0.4) is 0 Å². The van der Waals surface area contributed by atoms with Crippen LogP contribution in [0.15, 0.2) is 52.5 Å². The van der Waals surface area contributed by atoms with E-state index in [0.29, 0.717) is 5.56 Å². The fourth-order valence-electron chi connectivity index (χ4n) is 2.82. The second kappa shape index (κ2) is 7.53. The van der Waals surface area contributed by atoms with Gasteiger partial charge in [-0.2, -0.15) is 0 Å². The molecule has 0 aliphatic heterocycles. The lowest BCUT2D eigenvalue weighted by atomic mass is 9.90. The van der Waals surface area contributed by atoms with E-state index in [4.69, 9.17) is 9.57 Å². The summed E-state index contributed by atoms with van der Waals surface area (Å²) in [6.07, 6.45) is 4.70. The smallest absolute Gasteiger partial charge is 0.366 e. The fraction of sp³-hybridized carbons (Fsp3) is 0.263. The van der Waals surface area contributed by atoms with Crippen molar-refractivity contribution < 1.29 is 14.4 Å². The van der Waals surface area contributed by atoms with Crippen LogP contribution in [-0.4, -0.2) is 25.0 Å². The van der Waals surface area contributed by atoms with Crippen molar-refractivity contribution >= 4 is 23.4 Å². The van der Waals surface area contributed by atoms with Crippen LogP contribution in [-0.2, 0) is 11.3 Å². The van der Waals surface area contributed by atoms with Crippen molar-refractivity contribution in [2.24, 2.45) is 5.16 Å². The zero-order valence-electron chi connectivity index (χ0n) is 13.7. The van der Waals surface area contributed by atoms with Gasteiger partial charge < -0.3 is 9.57 Å². The lowest BCUT2D eigenvalue weighted by molar-refractivity contribution is 0.0511. The van der Waals surface area contributed by atoms with E-state index in [9.17, 15) is 4.79 Å². The van der Waals surface area contributed by atoms with E-state index in [1.165, 1.54) is 17.3 Å². The number of carbonyl (C=O) groups excluding carboxylic acids is 1.